The molecule has 0 saturated carbocycles. The maximum Gasteiger partial charge on any atom is 0.226 e. The Kier molecular flexibility index (Phi) is 5.28. The predicted octanol–water partition coefficient (Wildman–Crippen LogP) is 4.60. The lowest BCUT2D eigenvalue weighted by Gasteiger charge is -2.11. The first-order chi connectivity index (χ1) is 13.7. The van der Waals surface area contributed by atoms with Crippen molar-refractivity contribution in [2.75, 3.05) is 11.9 Å². The molecule has 3 aromatic heterocycles. The van der Waals surface area contributed by atoms with E-state index in [0.717, 1.165) is 52.8 Å². The Labute approximate surface area is 164 Å². The number of nitrogens with one attached hydrogen (secondary N) is 1. The lowest BCUT2D eigenvalue weighted by molar-refractivity contribution is 0.378. The third-order valence-corrected chi connectivity index (χ3v) is 4.62. The topological polar surface area (TPSA) is 76.7 Å². The molecule has 4 aromatic rings. The molecule has 1 N–H and O–H groups in total. The zero-order chi connectivity index (χ0) is 19.3. The fourth-order valence-corrected chi connectivity index (χ4v) is 3.19. The molecule has 3 heterocycles. The highest BCUT2D eigenvalue weighted by atomic mass is 16.5. The van der Waals surface area contributed by atoms with E-state index in [9.17, 15) is 0 Å². The van der Waals surface area contributed by atoms with Gasteiger partial charge in [-0.05, 0) is 37.1 Å². The Morgan fingerprint density at radius 3 is 2.79 bits per heavy atom. The van der Waals surface area contributed by atoms with Crippen molar-refractivity contribution in [1.29, 1.82) is 0 Å². The SMILES string of the molecule is CCCc1nc(-c2cc3cccc(C)c3nc2NCCc2ccccn2)no1. The number of hydrogen-bond acceptors (Lipinski definition) is 6. The van der Waals surface area contributed by atoms with Crippen LogP contribution in [0.15, 0.2) is 53.2 Å². The van der Waals surface area contributed by atoms with Crippen molar-refractivity contribution < 1.29 is 4.52 Å². The number of anilines is 1. The summed E-state index contributed by atoms with van der Waals surface area (Å²) >= 11 is 0. The fourth-order valence-electron chi connectivity index (χ4n) is 3.19. The first kappa shape index (κ1) is 18.1. The van der Waals surface area contributed by atoms with Crippen molar-refractivity contribution in [2.24, 2.45) is 0 Å². The van der Waals surface area contributed by atoms with E-state index >= 15 is 0 Å². The number of aromatic nitrogens is 4. The van der Waals surface area contributed by atoms with Gasteiger partial charge in [-0.25, -0.2) is 4.98 Å². The van der Waals surface area contributed by atoms with Gasteiger partial charge in [0.25, 0.3) is 0 Å². The standard InChI is InChI=1S/C22H23N5O/c1-3-7-19-25-22(27-28-19)18-14-16-9-6-8-15(2)20(16)26-21(18)24-13-11-17-10-4-5-12-23-17/h4-6,8-10,12,14H,3,7,11,13H2,1-2H3,(H,24,26). The van der Waals surface area contributed by atoms with E-state index in [1.165, 1.54) is 0 Å². The largest absolute Gasteiger partial charge is 0.369 e. The van der Waals surface area contributed by atoms with E-state index in [1.54, 1.807) is 0 Å². The summed E-state index contributed by atoms with van der Waals surface area (Å²) in [6.45, 7) is 4.88. The highest BCUT2D eigenvalue weighted by Crippen LogP contribution is 2.29. The molecule has 0 amide bonds. The first-order valence-electron chi connectivity index (χ1n) is 9.61. The molecule has 6 nitrogen and oxygen atoms in total. The molecule has 0 fully saturated rings. The van der Waals surface area contributed by atoms with E-state index in [0.29, 0.717) is 18.3 Å². The Morgan fingerprint density at radius 1 is 1.04 bits per heavy atom. The van der Waals surface area contributed by atoms with Gasteiger partial charge in [0.15, 0.2) is 0 Å². The second kappa shape index (κ2) is 8.17. The molecule has 1 aromatic carbocycles. The van der Waals surface area contributed by atoms with Crippen LogP contribution in [0.2, 0.25) is 0 Å². The molecule has 0 radical (unpaired) electrons. The minimum Gasteiger partial charge on any atom is -0.369 e. The van der Waals surface area contributed by atoms with Crippen LogP contribution >= 0.6 is 0 Å². The Morgan fingerprint density at radius 2 is 1.96 bits per heavy atom. The van der Waals surface area contributed by atoms with Crippen molar-refractivity contribution in [3.05, 3.63) is 65.8 Å². The maximum atomic E-state index is 5.40. The summed E-state index contributed by atoms with van der Waals surface area (Å²) in [5.74, 6) is 1.99. The van der Waals surface area contributed by atoms with E-state index in [2.05, 4.69) is 52.5 Å². The number of aryl methyl sites for hydroxylation is 2. The van der Waals surface area contributed by atoms with Gasteiger partial charge in [-0.3, -0.25) is 4.98 Å². The van der Waals surface area contributed by atoms with Crippen LogP contribution in [-0.4, -0.2) is 26.7 Å². The van der Waals surface area contributed by atoms with Crippen molar-refractivity contribution in [2.45, 2.75) is 33.1 Å². The lowest BCUT2D eigenvalue weighted by Crippen LogP contribution is -2.09. The van der Waals surface area contributed by atoms with Gasteiger partial charge in [0, 0.05) is 36.7 Å². The summed E-state index contributed by atoms with van der Waals surface area (Å²) in [4.78, 5) is 13.8. The molecule has 0 bridgehead atoms. The molecule has 0 aliphatic carbocycles. The number of benzene rings is 1. The van der Waals surface area contributed by atoms with E-state index in [1.807, 2.05) is 30.5 Å². The molecule has 0 saturated heterocycles. The summed E-state index contributed by atoms with van der Waals surface area (Å²) in [5, 5.41) is 8.69. The Hall–Kier alpha value is -3.28. The summed E-state index contributed by atoms with van der Waals surface area (Å²) in [6.07, 6.45) is 4.36. The van der Waals surface area contributed by atoms with Gasteiger partial charge in [-0.15, -0.1) is 0 Å². The van der Waals surface area contributed by atoms with Gasteiger partial charge in [-0.1, -0.05) is 36.3 Å². The molecule has 6 heteroatoms. The van der Waals surface area contributed by atoms with Gasteiger partial charge < -0.3 is 9.84 Å². The molecule has 0 atom stereocenters. The van der Waals surface area contributed by atoms with Crippen LogP contribution < -0.4 is 5.32 Å². The van der Waals surface area contributed by atoms with E-state index in [4.69, 9.17) is 9.51 Å². The number of fused-ring (bicyclic) bond motifs is 1. The zero-order valence-electron chi connectivity index (χ0n) is 16.1. The van der Waals surface area contributed by atoms with E-state index in [-0.39, 0.29) is 0 Å². The third kappa shape index (κ3) is 3.86. The number of nitrogens with zero attached hydrogens (tertiary/aromatic N) is 4. The summed E-state index contributed by atoms with van der Waals surface area (Å²) in [7, 11) is 0. The highest BCUT2D eigenvalue weighted by Gasteiger charge is 2.16. The van der Waals surface area contributed by atoms with Gasteiger partial charge in [-0.2, -0.15) is 4.98 Å². The van der Waals surface area contributed by atoms with Crippen LogP contribution in [0.4, 0.5) is 5.82 Å². The van der Waals surface area contributed by atoms with Gasteiger partial charge in [0.2, 0.25) is 11.7 Å². The molecule has 0 aliphatic rings. The average Bonchev–Trinajstić information content (AvgIpc) is 3.18. The highest BCUT2D eigenvalue weighted by molar-refractivity contribution is 5.89. The Balaban J connectivity index is 1.68. The van der Waals surface area contributed by atoms with Crippen molar-refractivity contribution >= 4 is 16.7 Å². The van der Waals surface area contributed by atoms with Crippen LogP contribution in [-0.2, 0) is 12.8 Å². The molecule has 0 unspecified atom stereocenters. The summed E-state index contributed by atoms with van der Waals surface area (Å²) in [5.41, 5.74) is 4.00. The van der Waals surface area contributed by atoms with Gasteiger partial charge in [0.1, 0.15) is 5.82 Å². The predicted molar refractivity (Wildman–Crippen MR) is 110 cm³/mol. The number of rotatable bonds is 7. The molecule has 0 aliphatic heterocycles. The Bertz CT molecular complexity index is 1070. The van der Waals surface area contributed by atoms with Crippen molar-refractivity contribution in [3.63, 3.8) is 0 Å². The quantitative estimate of drug-likeness (QED) is 0.510. The van der Waals surface area contributed by atoms with Gasteiger partial charge >= 0.3 is 0 Å². The summed E-state index contributed by atoms with van der Waals surface area (Å²) in [6, 6.07) is 14.2. The second-order valence-corrected chi connectivity index (χ2v) is 6.79. The molecular weight excluding hydrogens is 350 g/mol. The number of para-hydroxylation sites is 1. The van der Waals surface area contributed by atoms with Crippen LogP contribution in [0.25, 0.3) is 22.3 Å². The minimum atomic E-state index is 0.569. The fraction of sp³-hybridized carbons (Fsp3) is 0.273. The number of pyridine rings is 2. The maximum absolute atomic E-state index is 5.40. The second-order valence-electron chi connectivity index (χ2n) is 6.79. The lowest BCUT2D eigenvalue weighted by atomic mass is 10.1. The molecular formula is C22H23N5O. The first-order valence-corrected chi connectivity index (χ1v) is 9.61. The van der Waals surface area contributed by atoms with Crippen LogP contribution in [0.5, 0.6) is 0 Å². The minimum absolute atomic E-state index is 0.569. The molecule has 0 spiro atoms. The number of hydrogen-bond donors (Lipinski definition) is 1. The zero-order valence-corrected chi connectivity index (χ0v) is 16.1. The van der Waals surface area contributed by atoms with Crippen LogP contribution in [0.1, 0.15) is 30.5 Å². The monoisotopic (exact) mass is 373 g/mol. The van der Waals surface area contributed by atoms with Crippen LogP contribution in [0, 0.1) is 6.92 Å². The third-order valence-electron chi connectivity index (χ3n) is 4.62. The normalized spacial score (nSPS) is 11.1. The molecule has 142 valence electrons. The average molecular weight is 373 g/mol. The van der Waals surface area contributed by atoms with E-state index < -0.39 is 0 Å². The molecule has 4 rings (SSSR count). The van der Waals surface area contributed by atoms with Crippen molar-refractivity contribution in [1.82, 2.24) is 20.1 Å². The van der Waals surface area contributed by atoms with Crippen LogP contribution in [0.3, 0.4) is 0 Å². The smallest absolute Gasteiger partial charge is 0.226 e. The van der Waals surface area contributed by atoms with Crippen molar-refractivity contribution in [3.8, 4) is 11.4 Å². The summed E-state index contributed by atoms with van der Waals surface area (Å²) < 4.78 is 5.40. The van der Waals surface area contributed by atoms with Gasteiger partial charge in [0.05, 0.1) is 11.1 Å². The molecule has 28 heavy (non-hydrogen) atoms.